The summed E-state index contributed by atoms with van der Waals surface area (Å²) in [5.74, 6) is -2.12. The molecule has 180 valence electrons. The number of carbonyl (C=O) groups excluding carboxylic acids is 1. The summed E-state index contributed by atoms with van der Waals surface area (Å²) in [5, 5.41) is 2.53. The third-order valence-corrected chi connectivity index (χ3v) is 6.12. The number of nitrogens with two attached hydrogens (primary N) is 2. The van der Waals surface area contributed by atoms with Gasteiger partial charge in [0.15, 0.2) is 5.69 Å². The van der Waals surface area contributed by atoms with Crippen molar-refractivity contribution in [2.45, 2.75) is 38.2 Å². The molecule has 1 saturated heterocycles. The summed E-state index contributed by atoms with van der Waals surface area (Å²) in [5.41, 5.74) is 11.2. The normalized spacial score (nSPS) is 16.1. The highest BCUT2D eigenvalue weighted by Crippen LogP contribution is 2.33. The first-order valence-electron chi connectivity index (χ1n) is 10.6. The highest BCUT2D eigenvalue weighted by atomic mass is 32.1. The zero-order valence-corrected chi connectivity index (χ0v) is 18.7. The molecule has 1 aliphatic heterocycles. The van der Waals surface area contributed by atoms with E-state index in [9.17, 15) is 22.4 Å². The Balaban J connectivity index is 1.85. The van der Waals surface area contributed by atoms with Crippen molar-refractivity contribution in [3.05, 3.63) is 35.5 Å². The lowest BCUT2D eigenvalue weighted by Crippen LogP contribution is -2.53. The molecule has 3 rings (SSSR count). The second-order valence-electron chi connectivity index (χ2n) is 7.58. The van der Waals surface area contributed by atoms with Gasteiger partial charge in [-0.3, -0.25) is 9.79 Å². The van der Waals surface area contributed by atoms with E-state index in [0.29, 0.717) is 13.1 Å². The van der Waals surface area contributed by atoms with E-state index in [1.54, 1.807) is 0 Å². The lowest BCUT2D eigenvalue weighted by molar-refractivity contribution is 0.0942. The van der Waals surface area contributed by atoms with E-state index in [1.165, 1.54) is 6.07 Å². The largest absolute Gasteiger partial charge is 0.389 e. The molecule has 1 aromatic carbocycles. The van der Waals surface area contributed by atoms with E-state index in [4.69, 9.17) is 11.5 Å². The van der Waals surface area contributed by atoms with Crippen LogP contribution in [0.5, 0.6) is 0 Å². The van der Waals surface area contributed by atoms with Gasteiger partial charge in [-0.1, -0.05) is 30.2 Å². The minimum atomic E-state index is -2.64. The van der Waals surface area contributed by atoms with Crippen molar-refractivity contribution in [1.82, 2.24) is 15.2 Å². The molecule has 1 aliphatic rings. The Kier molecular flexibility index (Phi) is 8.61. The summed E-state index contributed by atoms with van der Waals surface area (Å²) in [6.07, 6.45) is 1.13. The van der Waals surface area contributed by atoms with E-state index in [1.807, 2.05) is 4.90 Å². The van der Waals surface area contributed by atoms with Crippen LogP contribution in [-0.2, 0) is 0 Å². The fourth-order valence-corrected chi connectivity index (χ4v) is 4.53. The lowest BCUT2D eigenvalue weighted by atomic mass is 10.2. The molecule has 1 fully saturated rings. The Hall–Kier alpha value is -2.73. The first-order chi connectivity index (χ1) is 15.8. The van der Waals surface area contributed by atoms with Gasteiger partial charge in [0.2, 0.25) is 0 Å². The number of benzene rings is 1. The second-order valence-corrected chi connectivity index (χ2v) is 8.61. The molecule has 0 aliphatic carbocycles. The lowest BCUT2D eigenvalue weighted by Gasteiger charge is -2.30. The predicted octanol–water partition coefficient (Wildman–Crippen LogP) is 3.27. The first kappa shape index (κ1) is 24.9. The van der Waals surface area contributed by atoms with Gasteiger partial charge in [-0.15, -0.1) is 0 Å². The van der Waals surface area contributed by atoms with Crippen molar-refractivity contribution in [3.8, 4) is 10.6 Å². The Bertz CT molecular complexity index is 971. The zero-order valence-electron chi connectivity index (χ0n) is 17.9. The Morgan fingerprint density at radius 2 is 1.82 bits per heavy atom. The number of hydrogen-bond acceptors (Lipinski definition) is 6. The highest BCUT2D eigenvalue weighted by Gasteiger charge is 2.27. The topological polar surface area (TPSA) is 110 Å². The number of alkyl halides is 2. The minimum absolute atomic E-state index is 0.0400. The van der Waals surface area contributed by atoms with Gasteiger partial charge in [0.25, 0.3) is 12.3 Å². The summed E-state index contributed by atoms with van der Waals surface area (Å²) in [6.45, 7) is 0.422. The molecule has 0 spiro atoms. The molecular weight excluding hydrogens is 460 g/mol. The van der Waals surface area contributed by atoms with E-state index in [-0.39, 0.29) is 33.6 Å². The molecule has 1 atom stereocenters. The van der Waals surface area contributed by atoms with Crippen LogP contribution in [0.4, 0.5) is 22.6 Å². The minimum Gasteiger partial charge on any atom is -0.389 e. The number of nitrogen functional groups attached to an aromatic ring is 1. The first-order valence-corrected chi connectivity index (χ1v) is 11.4. The number of nitrogens with zero attached hydrogens (tertiary/aromatic N) is 3. The summed E-state index contributed by atoms with van der Waals surface area (Å²) in [6, 6.07) is 2.51. The van der Waals surface area contributed by atoms with Gasteiger partial charge < -0.3 is 21.7 Å². The summed E-state index contributed by atoms with van der Waals surface area (Å²) in [4.78, 5) is 22.9. The highest BCUT2D eigenvalue weighted by molar-refractivity contribution is 7.19. The smallest absolute Gasteiger partial charge is 0.273 e. The molecular formula is C21H26F4N6OS. The van der Waals surface area contributed by atoms with Gasteiger partial charge in [-0.05, 0) is 25.0 Å². The average molecular weight is 487 g/mol. The molecule has 0 bridgehead atoms. The number of likely N-dealkylation sites (tertiary alicyclic amines) is 1. The number of hydrogen-bond donors (Lipinski definition) is 3. The van der Waals surface area contributed by atoms with Crippen molar-refractivity contribution in [2.75, 3.05) is 31.9 Å². The Morgan fingerprint density at radius 3 is 2.39 bits per heavy atom. The van der Waals surface area contributed by atoms with Crippen LogP contribution < -0.4 is 16.8 Å². The fourth-order valence-electron chi connectivity index (χ4n) is 3.65. The van der Waals surface area contributed by atoms with E-state index in [0.717, 1.165) is 49.2 Å². The fraction of sp³-hybridized carbons (Fsp3) is 0.476. The van der Waals surface area contributed by atoms with Crippen LogP contribution in [0.3, 0.4) is 0 Å². The van der Waals surface area contributed by atoms with Crippen molar-refractivity contribution in [2.24, 2.45) is 10.7 Å². The van der Waals surface area contributed by atoms with Crippen LogP contribution in [0.2, 0.25) is 0 Å². The number of amides is 1. The van der Waals surface area contributed by atoms with Crippen LogP contribution in [0, 0.1) is 11.6 Å². The van der Waals surface area contributed by atoms with Crippen LogP contribution in [-0.4, -0.2) is 60.3 Å². The Morgan fingerprint density at radius 1 is 1.18 bits per heavy atom. The number of thiazole rings is 1. The van der Waals surface area contributed by atoms with Crippen LogP contribution >= 0.6 is 11.3 Å². The van der Waals surface area contributed by atoms with Gasteiger partial charge in [0.1, 0.15) is 34.0 Å². The van der Waals surface area contributed by atoms with Gasteiger partial charge in [0.05, 0.1) is 11.6 Å². The quantitative estimate of drug-likeness (QED) is 0.316. The number of aromatic nitrogens is 1. The third kappa shape index (κ3) is 6.20. The standard InChI is InChI=1S/C21H26F4N6OS/c22-12-6-5-7-13(23)16(12)21-30-17(18(27)33-21)20(32)29-14(10-26)19(28-11-15(24)25)31-8-3-1-2-4-9-31/h5-7,14-15H,1-4,8-11,26-27H2,(H,29,32). The van der Waals surface area contributed by atoms with Crippen LogP contribution in [0.15, 0.2) is 23.2 Å². The molecule has 2 heterocycles. The van der Waals surface area contributed by atoms with Gasteiger partial charge in [0, 0.05) is 19.6 Å². The van der Waals surface area contributed by atoms with E-state index < -0.39 is 36.6 Å². The van der Waals surface area contributed by atoms with E-state index >= 15 is 0 Å². The number of aliphatic imine (C=N–C) groups is 1. The summed E-state index contributed by atoms with van der Waals surface area (Å²) >= 11 is 0.767. The number of halogens is 4. The molecule has 0 saturated carbocycles. The average Bonchev–Trinajstić information content (AvgIpc) is 2.96. The number of nitrogens with one attached hydrogen (secondary N) is 1. The molecule has 1 amide bonds. The van der Waals surface area contributed by atoms with Gasteiger partial charge in [-0.2, -0.15) is 0 Å². The molecule has 33 heavy (non-hydrogen) atoms. The van der Waals surface area contributed by atoms with Crippen molar-refractivity contribution in [3.63, 3.8) is 0 Å². The van der Waals surface area contributed by atoms with Crippen LogP contribution in [0.25, 0.3) is 10.6 Å². The molecule has 1 aromatic heterocycles. The molecule has 5 N–H and O–H groups in total. The number of carbonyl (C=O) groups is 1. The second kappa shape index (κ2) is 11.4. The molecule has 1 unspecified atom stereocenters. The maximum atomic E-state index is 14.1. The molecule has 0 radical (unpaired) electrons. The predicted molar refractivity (Wildman–Crippen MR) is 121 cm³/mol. The summed E-state index contributed by atoms with van der Waals surface area (Å²) < 4.78 is 54.0. The molecule has 7 nitrogen and oxygen atoms in total. The maximum Gasteiger partial charge on any atom is 0.273 e. The van der Waals surface area contributed by atoms with Crippen molar-refractivity contribution >= 4 is 28.1 Å². The van der Waals surface area contributed by atoms with E-state index in [2.05, 4.69) is 15.3 Å². The van der Waals surface area contributed by atoms with Crippen molar-refractivity contribution in [1.29, 1.82) is 0 Å². The summed E-state index contributed by atoms with van der Waals surface area (Å²) in [7, 11) is 0. The number of rotatable bonds is 7. The zero-order chi connectivity index (χ0) is 24.0. The molecule has 12 heteroatoms. The SMILES string of the molecule is NCC(NC(=O)c1nc(-c2c(F)cccc2F)sc1N)C(=NCC(F)F)N1CCCCCC1. The number of amidine groups is 1. The van der Waals surface area contributed by atoms with Gasteiger partial charge >= 0.3 is 0 Å². The van der Waals surface area contributed by atoms with Gasteiger partial charge in [-0.25, -0.2) is 22.5 Å². The van der Waals surface area contributed by atoms with Crippen molar-refractivity contribution < 1.29 is 22.4 Å². The maximum absolute atomic E-state index is 14.1. The molecule has 2 aromatic rings. The Labute approximate surface area is 192 Å². The number of anilines is 1. The third-order valence-electron chi connectivity index (χ3n) is 5.22. The van der Waals surface area contributed by atoms with Crippen LogP contribution in [0.1, 0.15) is 36.2 Å². The monoisotopic (exact) mass is 486 g/mol.